The van der Waals surface area contributed by atoms with Gasteiger partial charge in [0.25, 0.3) is 11.7 Å². The van der Waals surface area contributed by atoms with E-state index in [4.69, 9.17) is 27.9 Å². The minimum absolute atomic E-state index is 0.0527. The van der Waals surface area contributed by atoms with E-state index in [-0.39, 0.29) is 33.5 Å². The minimum atomic E-state index is -0.850. The van der Waals surface area contributed by atoms with Crippen LogP contribution in [-0.2, 0) is 16.1 Å². The van der Waals surface area contributed by atoms with Crippen molar-refractivity contribution >= 4 is 52.0 Å². The lowest BCUT2D eigenvalue weighted by molar-refractivity contribution is -0.140. The molecule has 0 radical (unpaired) electrons. The standard InChI is InChI=1S/C24H18Cl2FNO4S/c1-12-7-8-33-23(12)19-18(20(29)16-9-14(25)10-17(26)22(16)32-2)21(30)24(31)28(19)11-13-3-5-15(27)6-4-13/h3-10,19,29H,11H2,1-2H3/b20-18+. The number of aryl methyl sites for hydroxylation is 1. The topological polar surface area (TPSA) is 66.8 Å². The minimum Gasteiger partial charge on any atom is -0.507 e. The number of rotatable bonds is 5. The Morgan fingerprint density at radius 1 is 1.18 bits per heavy atom. The van der Waals surface area contributed by atoms with Gasteiger partial charge in [-0.15, -0.1) is 11.3 Å². The van der Waals surface area contributed by atoms with Gasteiger partial charge in [0.05, 0.1) is 23.3 Å². The van der Waals surface area contributed by atoms with Crippen LogP contribution in [0.2, 0.25) is 10.0 Å². The Morgan fingerprint density at radius 2 is 1.88 bits per heavy atom. The summed E-state index contributed by atoms with van der Waals surface area (Å²) in [5.74, 6) is -2.33. The molecule has 0 aliphatic carbocycles. The maximum atomic E-state index is 13.4. The number of aliphatic hydroxyl groups excluding tert-OH is 1. The van der Waals surface area contributed by atoms with Gasteiger partial charge in [0.1, 0.15) is 23.4 Å². The molecule has 1 atom stereocenters. The van der Waals surface area contributed by atoms with E-state index in [0.29, 0.717) is 5.56 Å². The fraction of sp³-hybridized carbons (Fsp3) is 0.167. The number of benzene rings is 2. The zero-order chi connectivity index (χ0) is 23.9. The Morgan fingerprint density at radius 3 is 2.48 bits per heavy atom. The molecule has 1 N–H and O–H groups in total. The summed E-state index contributed by atoms with van der Waals surface area (Å²) in [5, 5.41) is 13.5. The summed E-state index contributed by atoms with van der Waals surface area (Å²) in [6, 6.07) is 9.57. The van der Waals surface area contributed by atoms with Gasteiger partial charge in [0.15, 0.2) is 0 Å². The van der Waals surface area contributed by atoms with Crippen LogP contribution in [0.1, 0.15) is 27.6 Å². The summed E-state index contributed by atoms with van der Waals surface area (Å²) in [6.07, 6.45) is 0. The van der Waals surface area contributed by atoms with Crippen molar-refractivity contribution in [3.05, 3.63) is 90.8 Å². The summed E-state index contributed by atoms with van der Waals surface area (Å²) in [4.78, 5) is 28.4. The summed E-state index contributed by atoms with van der Waals surface area (Å²) < 4.78 is 18.7. The lowest BCUT2D eigenvalue weighted by Gasteiger charge is -2.25. The molecule has 33 heavy (non-hydrogen) atoms. The molecule has 2 aromatic carbocycles. The Kier molecular flexibility index (Phi) is 6.47. The van der Waals surface area contributed by atoms with E-state index in [1.54, 1.807) is 12.1 Å². The molecule has 4 rings (SSSR count). The van der Waals surface area contributed by atoms with Gasteiger partial charge >= 0.3 is 0 Å². The van der Waals surface area contributed by atoms with Crippen molar-refractivity contribution in [2.45, 2.75) is 19.5 Å². The number of hydrogen-bond donors (Lipinski definition) is 1. The second-order valence-corrected chi connectivity index (χ2v) is 9.28. The molecular weight excluding hydrogens is 488 g/mol. The summed E-state index contributed by atoms with van der Waals surface area (Å²) in [7, 11) is 1.37. The molecule has 1 amide bonds. The van der Waals surface area contributed by atoms with Crippen molar-refractivity contribution in [1.82, 2.24) is 4.90 Å². The van der Waals surface area contributed by atoms with E-state index in [1.165, 1.54) is 47.6 Å². The van der Waals surface area contributed by atoms with Crippen molar-refractivity contribution in [2.75, 3.05) is 7.11 Å². The van der Waals surface area contributed by atoms with Crippen molar-refractivity contribution in [2.24, 2.45) is 0 Å². The molecule has 9 heteroatoms. The van der Waals surface area contributed by atoms with Crippen LogP contribution in [0.15, 0.2) is 53.4 Å². The monoisotopic (exact) mass is 505 g/mol. The van der Waals surface area contributed by atoms with Crippen LogP contribution in [0.25, 0.3) is 5.76 Å². The molecule has 2 heterocycles. The Hall–Kier alpha value is -2.87. The largest absolute Gasteiger partial charge is 0.507 e. The molecule has 1 fully saturated rings. The molecule has 1 aliphatic heterocycles. The lowest BCUT2D eigenvalue weighted by atomic mass is 9.97. The Bertz CT molecular complexity index is 1290. The molecule has 0 spiro atoms. The van der Waals surface area contributed by atoms with Gasteiger partial charge in [0, 0.05) is 16.4 Å². The van der Waals surface area contributed by atoms with Gasteiger partial charge < -0.3 is 14.7 Å². The van der Waals surface area contributed by atoms with Crippen LogP contribution in [0.4, 0.5) is 4.39 Å². The first-order valence-corrected chi connectivity index (χ1v) is 11.5. The van der Waals surface area contributed by atoms with Crippen LogP contribution in [-0.4, -0.2) is 28.8 Å². The Balaban J connectivity index is 1.92. The second kappa shape index (κ2) is 9.17. The van der Waals surface area contributed by atoms with E-state index in [2.05, 4.69) is 0 Å². The number of aliphatic hydroxyl groups is 1. The number of nitrogens with zero attached hydrogens (tertiary/aromatic N) is 1. The Labute approximate surface area is 203 Å². The third-order valence-electron chi connectivity index (χ3n) is 5.42. The highest BCUT2D eigenvalue weighted by molar-refractivity contribution is 7.10. The number of carbonyl (C=O) groups is 2. The average molecular weight is 506 g/mol. The average Bonchev–Trinajstić information content (AvgIpc) is 3.30. The quantitative estimate of drug-likeness (QED) is 0.257. The molecule has 1 aromatic heterocycles. The third kappa shape index (κ3) is 4.24. The predicted molar refractivity (Wildman–Crippen MR) is 126 cm³/mol. The molecular formula is C24H18Cl2FNO4S. The van der Waals surface area contributed by atoms with Crippen molar-refractivity contribution in [3.8, 4) is 5.75 Å². The smallest absolute Gasteiger partial charge is 0.295 e. The predicted octanol–water partition coefficient (Wildman–Crippen LogP) is 6.13. The maximum absolute atomic E-state index is 13.4. The van der Waals surface area contributed by atoms with Crippen LogP contribution >= 0.6 is 34.5 Å². The number of carbonyl (C=O) groups excluding carboxylic acids is 2. The van der Waals surface area contributed by atoms with E-state index in [1.807, 2.05) is 18.4 Å². The lowest BCUT2D eigenvalue weighted by Crippen LogP contribution is -2.29. The van der Waals surface area contributed by atoms with Crippen LogP contribution in [0, 0.1) is 12.7 Å². The number of amides is 1. The van der Waals surface area contributed by atoms with Crippen molar-refractivity contribution < 1.29 is 23.8 Å². The fourth-order valence-corrected chi connectivity index (χ4v) is 5.47. The van der Waals surface area contributed by atoms with E-state index in [9.17, 15) is 19.1 Å². The highest BCUT2D eigenvalue weighted by Gasteiger charge is 2.47. The van der Waals surface area contributed by atoms with E-state index in [0.717, 1.165) is 10.4 Å². The number of thiophene rings is 1. The third-order valence-corrected chi connectivity index (χ3v) is 6.99. The molecule has 0 saturated carbocycles. The number of halogens is 3. The normalized spacial score (nSPS) is 17.6. The number of ketones is 1. The number of likely N-dealkylation sites (tertiary alicyclic amines) is 1. The molecule has 3 aromatic rings. The van der Waals surface area contributed by atoms with E-state index >= 15 is 0 Å². The maximum Gasteiger partial charge on any atom is 0.295 e. The van der Waals surface area contributed by atoms with Crippen molar-refractivity contribution in [3.63, 3.8) is 0 Å². The van der Waals surface area contributed by atoms with Gasteiger partial charge in [-0.05, 0) is 53.8 Å². The number of Topliss-reactive ketones (excluding diaryl/α,β-unsaturated/α-hetero) is 1. The summed E-state index contributed by atoms with van der Waals surface area (Å²) in [5.41, 5.74) is 1.51. The van der Waals surface area contributed by atoms with E-state index < -0.39 is 29.3 Å². The molecule has 1 aliphatic rings. The van der Waals surface area contributed by atoms with Gasteiger partial charge in [-0.2, -0.15) is 0 Å². The fourth-order valence-electron chi connectivity index (χ4n) is 3.86. The highest BCUT2D eigenvalue weighted by Crippen LogP contribution is 2.45. The molecule has 170 valence electrons. The molecule has 1 unspecified atom stereocenters. The first-order valence-electron chi connectivity index (χ1n) is 9.83. The summed E-state index contributed by atoms with van der Waals surface area (Å²) in [6.45, 7) is 1.91. The van der Waals surface area contributed by atoms with Crippen LogP contribution in [0.5, 0.6) is 5.75 Å². The van der Waals surface area contributed by atoms with Crippen molar-refractivity contribution in [1.29, 1.82) is 0 Å². The zero-order valence-electron chi connectivity index (χ0n) is 17.6. The first kappa shape index (κ1) is 23.3. The number of methoxy groups -OCH3 is 1. The van der Waals surface area contributed by atoms with Crippen LogP contribution < -0.4 is 4.74 Å². The number of ether oxygens (including phenoxy) is 1. The molecule has 0 bridgehead atoms. The van der Waals surface area contributed by atoms with Gasteiger partial charge in [-0.1, -0.05) is 35.3 Å². The second-order valence-electron chi connectivity index (χ2n) is 7.49. The van der Waals surface area contributed by atoms with Gasteiger partial charge in [-0.25, -0.2) is 4.39 Å². The van der Waals surface area contributed by atoms with Gasteiger partial charge in [0.2, 0.25) is 0 Å². The summed E-state index contributed by atoms with van der Waals surface area (Å²) >= 11 is 13.7. The molecule has 1 saturated heterocycles. The van der Waals surface area contributed by atoms with Gasteiger partial charge in [-0.3, -0.25) is 9.59 Å². The SMILES string of the molecule is COc1c(Cl)cc(Cl)cc1/C(O)=C1\C(=O)C(=O)N(Cc2ccc(F)cc2)C1c1sccc1C. The molecule has 5 nitrogen and oxygen atoms in total. The zero-order valence-corrected chi connectivity index (χ0v) is 19.9. The first-order chi connectivity index (χ1) is 15.7. The number of hydrogen-bond acceptors (Lipinski definition) is 5. The van der Waals surface area contributed by atoms with Crippen LogP contribution in [0.3, 0.4) is 0 Å². The highest BCUT2D eigenvalue weighted by atomic mass is 35.5.